The van der Waals surface area contributed by atoms with Gasteiger partial charge in [0.15, 0.2) is 9.84 Å². The van der Waals surface area contributed by atoms with Crippen LogP contribution < -0.4 is 5.32 Å². The maximum absolute atomic E-state index is 12.6. The van der Waals surface area contributed by atoms with Crippen molar-refractivity contribution in [1.82, 2.24) is 14.5 Å². The zero-order chi connectivity index (χ0) is 22.9. The van der Waals surface area contributed by atoms with Crippen molar-refractivity contribution < 1.29 is 26.0 Å². The Kier molecular flexibility index (Phi) is 6.16. The van der Waals surface area contributed by atoms with E-state index >= 15 is 0 Å². The van der Waals surface area contributed by atoms with Gasteiger partial charge in [0, 0.05) is 30.8 Å². The normalized spacial score (nSPS) is 16.2. The first-order chi connectivity index (χ1) is 15.1. The number of carbonyl (C=O) groups is 1. The minimum atomic E-state index is -3.52. The Morgan fingerprint density at radius 3 is 2.38 bits per heavy atom. The van der Waals surface area contributed by atoms with Crippen LogP contribution in [0.4, 0.5) is 6.01 Å². The molecular formula is C19H20N4O6S3. The summed E-state index contributed by atoms with van der Waals surface area (Å²) in [7, 11) is -6.84. The van der Waals surface area contributed by atoms with Crippen LogP contribution in [0.2, 0.25) is 0 Å². The molecule has 170 valence electrons. The number of nitrogens with zero attached hydrogens (tertiary/aromatic N) is 3. The lowest BCUT2D eigenvalue weighted by Gasteiger charge is -2.29. The number of piperidine rings is 1. The molecule has 10 nitrogen and oxygen atoms in total. The van der Waals surface area contributed by atoms with Crippen LogP contribution in [0.5, 0.6) is 0 Å². The fraction of sp³-hybridized carbons (Fsp3) is 0.316. The first-order valence-corrected chi connectivity index (χ1v) is 13.8. The second-order valence-electron chi connectivity index (χ2n) is 7.31. The molecule has 1 aromatic carbocycles. The number of benzene rings is 1. The Morgan fingerprint density at radius 1 is 1.09 bits per heavy atom. The summed E-state index contributed by atoms with van der Waals surface area (Å²) in [5, 5.41) is 12.0. The van der Waals surface area contributed by atoms with Crippen molar-refractivity contribution >= 4 is 43.1 Å². The Hall–Kier alpha value is -2.61. The zero-order valence-electron chi connectivity index (χ0n) is 17.0. The molecule has 2 aromatic heterocycles. The summed E-state index contributed by atoms with van der Waals surface area (Å²) in [5.41, 5.74) is 0.512. The highest BCUT2D eigenvalue weighted by Crippen LogP contribution is 2.27. The van der Waals surface area contributed by atoms with Crippen LogP contribution in [-0.4, -0.2) is 56.6 Å². The third-order valence-corrected chi connectivity index (χ3v) is 9.50. The summed E-state index contributed by atoms with van der Waals surface area (Å²) >= 11 is 1.17. The van der Waals surface area contributed by atoms with E-state index in [4.69, 9.17) is 4.42 Å². The summed E-state index contributed by atoms with van der Waals surface area (Å²) < 4.78 is 55.5. The molecule has 0 spiro atoms. The lowest BCUT2D eigenvalue weighted by atomic mass is 9.97. The maximum atomic E-state index is 12.6. The number of nitrogens with one attached hydrogen (secondary N) is 1. The van der Waals surface area contributed by atoms with E-state index in [0.29, 0.717) is 22.6 Å². The van der Waals surface area contributed by atoms with Crippen LogP contribution in [-0.2, 0) is 24.7 Å². The lowest BCUT2D eigenvalue weighted by molar-refractivity contribution is -0.121. The number of sulfonamides is 1. The number of carbonyl (C=O) groups excluding carboxylic acids is 1. The molecule has 0 bridgehead atoms. The van der Waals surface area contributed by atoms with Crippen molar-refractivity contribution in [1.29, 1.82) is 0 Å². The minimum Gasteiger partial charge on any atom is -0.403 e. The van der Waals surface area contributed by atoms with Gasteiger partial charge in [0.2, 0.25) is 11.8 Å². The number of hydrogen-bond acceptors (Lipinski definition) is 9. The van der Waals surface area contributed by atoms with Crippen LogP contribution >= 0.6 is 11.3 Å². The number of hydrogen-bond donors (Lipinski definition) is 1. The quantitative estimate of drug-likeness (QED) is 0.548. The number of sulfone groups is 1. The smallest absolute Gasteiger partial charge is 0.322 e. The van der Waals surface area contributed by atoms with E-state index in [9.17, 15) is 21.6 Å². The van der Waals surface area contributed by atoms with E-state index in [2.05, 4.69) is 15.5 Å². The molecule has 3 heterocycles. The topological polar surface area (TPSA) is 140 Å². The molecule has 1 N–H and O–H groups in total. The molecule has 0 aliphatic carbocycles. The predicted molar refractivity (Wildman–Crippen MR) is 117 cm³/mol. The number of aromatic nitrogens is 2. The third kappa shape index (κ3) is 4.75. The van der Waals surface area contributed by atoms with Crippen LogP contribution in [0.3, 0.4) is 0 Å². The molecule has 13 heteroatoms. The van der Waals surface area contributed by atoms with Gasteiger partial charge in [-0.05, 0) is 48.6 Å². The molecule has 0 radical (unpaired) electrons. The van der Waals surface area contributed by atoms with Gasteiger partial charge in [0.05, 0.1) is 4.90 Å². The van der Waals surface area contributed by atoms with E-state index in [0.717, 1.165) is 6.26 Å². The average molecular weight is 497 g/mol. The molecule has 0 unspecified atom stereocenters. The number of thiophene rings is 1. The fourth-order valence-corrected chi connectivity index (χ4v) is 6.58. The Bertz CT molecular complexity index is 1310. The molecule has 1 saturated heterocycles. The molecule has 0 atom stereocenters. The van der Waals surface area contributed by atoms with E-state index in [1.165, 1.54) is 27.8 Å². The van der Waals surface area contributed by atoms with Crippen LogP contribution in [0, 0.1) is 5.92 Å². The average Bonchev–Trinajstić information content (AvgIpc) is 3.46. The molecule has 32 heavy (non-hydrogen) atoms. The zero-order valence-corrected chi connectivity index (χ0v) is 19.4. The summed E-state index contributed by atoms with van der Waals surface area (Å²) in [6, 6.07) is 9.14. The van der Waals surface area contributed by atoms with E-state index in [1.54, 1.807) is 29.6 Å². The summed E-state index contributed by atoms with van der Waals surface area (Å²) in [6.07, 6.45) is 1.87. The second kappa shape index (κ2) is 8.73. The Labute approximate surface area is 189 Å². The maximum Gasteiger partial charge on any atom is 0.322 e. The van der Waals surface area contributed by atoms with E-state index < -0.39 is 19.9 Å². The van der Waals surface area contributed by atoms with E-state index in [-0.39, 0.29) is 41.7 Å². The van der Waals surface area contributed by atoms with Gasteiger partial charge in [-0.15, -0.1) is 16.4 Å². The van der Waals surface area contributed by atoms with Gasteiger partial charge in [-0.2, -0.15) is 4.31 Å². The largest absolute Gasteiger partial charge is 0.403 e. The Morgan fingerprint density at radius 2 is 1.78 bits per heavy atom. The van der Waals surface area contributed by atoms with Crippen molar-refractivity contribution in [3.05, 3.63) is 41.8 Å². The standard InChI is InChI=1S/C19H20N4O6S3/c1-31(25,26)15-6-4-14(5-7-15)18-21-22-19(29-18)20-17(24)13-8-10-23(11-9-13)32(27,28)16-3-2-12-30-16/h2-7,12-13H,8-11H2,1H3,(H,20,22,24). The highest BCUT2D eigenvalue weighted by molar-refractivity contribution is 7.91. The highest BCUT2D eigenvalue weighted by atomic mass is 32.2. The Balaban J connectivity index is 1.36. The number of amides is 1. The van der Waals surface area contributed by atoms with Gasteiger partial charge >= 0.3 is 6.01 Å². The molecule has 1 fully saturated rings. The minimum absolute atomic E-state index is 0.0779. The van der Waals surface area contributed by atoms with Crippen LogP contribution in [0.25, 0.3) is 11.5 Å². The summed E-state index contributed by atoms with van der Waals surface area (Å²) in [6.45, 7) is 0.500. The molecule has 0 saturated carbocycles. The predicted octanol–water partition coefficient (Wildman–Crippen LogP) is 2.24. The van der Waals surface area contributed by atoms with Crippen molar-refractivity contribution in [3.63, 3.8) is 0 Å². The van der Waals surface area contributed by atoms with Crippen molar-refractivity contribution in [2.45, 2.75) is 21.9 Å². The second-order valence-corrected chi connectivity index (χ2v) is 12.4. The third-order valence-electron chi connectivity index (χ3n) is 5.10. The van der Waals surface area contributed by atoms with Gasteiger partial charge in [0.25, 0.3) is 10.0 Å². The van der Waals surface area contributed by atoms with Crippen LogP contribution in [0.1, 0.15) is 12.8 Å². The highest BCUT2D eigenvalue weighted by Gasteiger charge is 2.33. The van der Waals surface area contributed by atoms with Crippen molar-refractivity contribution in [3.8, 4) is 11.5 Å². The van der Waals surface area contributed by atoms with Gasteiger partial charge in [0.1, 0.15) is 4.21 Å². The SMILES string of the molecule is CS(=O)(=O)c1ccc(-c2nnc(NC(=O)C3CCN(S(=O)(=O)c4cccs4)CC3)o2)cc1. The lowest BCUT2D eigenvalue weighted by Crippen LogP contribution is -2.41. The van der Waals surface area contributed by atoms with E-state index in [1.807, 2.05) is 0 Å². The van der Waals surface area contributed by atoms with Crippen molar-refractivity contribution in [2.24, 2.45) is 5.92 Å². The van der Waals surface area contributed by atoms with Gasteiger partial charge in [-0.25, -0.2) is 16.8 Å². The summed E-state index contributed by atoms with van der Waals surface area (Å²) in [5.74, 6) is -0.563. The number of anilines is 1. The van der Waals surface area contributed by atoms with Crippen LogP contribution in [0.15, 0.2) is 55.3 Å². The fourth-order valence-electron chi connectivity index (χ4n) is 3.34. The molecule has 3 aromatic rings. The van der Waals surface area contributed by atoms with Gasteiger partial charge in [-0.3, -0.25) is 10.1 Å². The first kappa shape index (κ1) is 22.6. The molecule has 1 amide bonds. The molecule has 1 aliphatic heterocycles. The molecule has 4 rings (SSSR count). The molecule has 1 aliphatic rings. The molecular weight excluding hydrogens is 476 g/mol. The summed E-state index contributed by atoms with van der Waals surface area (Å²) in [4.78, 5) is 12.8. The van der Waals surface area contributed by atoms with Gasteiger partial charge < -0.3 is 4.42 Å². The monoisotopic (exact) mass is 496 g/mol. The number of rotatable bonds is 6. The first-order valence-electron chi connectivity index (χ1n) is 9.63. The van der Waals surface area contributed by atoms with Gasteiger partial charge in [-0.1, -0.05) is 11.2 Å². The van der Waals surface area contributed by atoms with Crippen molar-refractivity contribution in [2.75, 3.05) is 24.7 Å².